The van der Waals surface area contributed by atoms with E-state index in [-0.39, 0.29) is 5.56 Å². The lowest BCUT2D eigenvalue weighted by Crippen LogP contribution is -2.42. The standard InChI is InChI=1S/C15H18F3NO4/c1-14(2,3)23-13(21)19-8-15(17,18)9-22-12-5-4-10(7-20)6-11(12)16/h4-7H,8-9H2,1-3H3,(H,19,21). The van der Waals surface area contributed by atoms with Crippen LogP contribution in [0.5, 0.6) is 5.75 Å². The van der Waals surface area contributed by atoms with Crippen LogP contribution in [0.3, 0.4) is 0 Å². The number of hydrogen-bond donors (Lipinski definition) is 1. The van der Waals surface area contributed by atoms with E-state index in [0.29, 0.717) is 6.29 Å². The summed E-state index contributed by atoms with van der Waals surface area (Å²) in [4.78, 5) is 21.8. The van der Waals surface area contributed by atoms with Crippen molar-refractivity contribution in [1.82, 2.24) is 5.32 Å². The van der Waals surface area contributed by atoms with Crippen LogP contribution in [0.2, 0.25) is 0 Å². The molecule has 23 heavy (non-hydrogen) atoms. The second-order valence-corrected chi connectivity index (χ2v) is 5.81. The molecule has 0 fully saturated rings. The van der Waals surface area contributed by atoms with Crippen molar-refractivity contribution < 1.29 is 32.2 Å². The van der Waals surface area contributed by atoms with Crippen LogP contribution in [0.15, 0.2) is 18.2 Å². The predicted octanol–water partition coefficient (Wildman–Crippen LogP) is 3.18. The zero-order chi connectivity index (χ0) is 17.7. The highest BCUT2D eigenvalue weighted by molar-refractivity contribution is 5.75. The summed E-state index contributed by atoms with van der Waals surface area (Å²) >= 11 is 0. The first-order valence-corrected chi connectivity index (χ1v) is 6.75. The first kappa shape index (κ1) is 18.8. The summed E-state index contributed by atoms with van der Waals surface area (Å²) in [6.07, 6.45) is -0.564. The van der Waals surface area contributed by atoms with Gasteiger partial charge in [0.05, 0.1) is 6.54 Å². The molecule has 128 valence electrons. The molecule has 0 spiro atoms. The Balaban J connectivity index is 2.52. The van der Waals surface area contributed by atoms with Gasteiger partial charge in [0.1, 0.15) is 11.9 Å². The Morgan fingerprint density at radius 3 is 2.48 bits per heavy atom. The number of nitrogens with one attached hydrogen (secondary N) is 1. The predicted molar refractivity (Wildman–Crippen MR) is 76.5 cm³/mol. The quantitative estimate of drug-likeness (QED) is 0.812. The molecule has 0 saturated heterocycles. The Kier molecular flexibility index (Phi) is 6.00. The van der Waals surface area contributed by atoms with Crippen LogP contribution < -0.4 is 10.1 Å². The van der Waals surface area contributed by atoms with Gasteiger partial charge >= 0.3 is 6.09 Å². The summed E-state index contributed by atoms with van der Waals surface area (Å²) < 4.78 is 50.2. The normalized spacial score (nSPS) is 11.7. The summed E-state index contributed by atoms with van der Waals surface area (Å²) in [6.45, 7) is 2.63. The smallest absolute Gasteiger partial charge is 0.407 e. The lowest BCUT2D eigenvalue weighted by molar-refractivity contribution is -0.0416. The van der Waals surface area contributed by atoms with E-state index in [0.717, 1.165) is 12.1 Å². The van der Waals surface area contributed by atoms with Gasteiger partial charge in [-0.25, -0.2) is 18.0 Å². The molecule has 0 heterocycles. The van der Waals surface area contributed by atoms with Crippen LogP contribution in [-0.2, 0) is 4.74 Å². The molecule has 0 saturated carbocycles. The largest absolute Gasteiger partial charge is 0.484 e. The summed E-state index contributed by atoms with van der Waals surface area (Å²) in [5.41, 5.74) is -0.743. The Morgan fingerprint density at radius 1 is 1.30 bits per heavy atom. The molecule has 1 aromatic carbocycles. The molecular weight excluding hydrogens is 315 g/mol. The maximum atomic E-state index is 13.6. The molecule has 1 amide bonds. The van der Waals surface area contributed by atoms with Gasteiger partial charge in [-0.2, -0.15) is 0 Å². The number of carbonyl (C=O) groups is 2. The minimum atomic E-state index is -3.42. The van der Waals surface area contributed by atoms with Crippen LogP contribution in [0.25, 0.3) is 0 Å². The van der Waals surface area contributed by atoms with Crippen molar-refractivity contribution in [3.8, 4) is 5.75 Å². The fraction of sp³-hybridized carbons (Fsp3) is 0.467. The highest BCUT2D eigenvalue weighted by atomic mass is 19.3. The zero-order valence-electron chi connectivity index (χ0n) is 13.0. The molecule has 8 heteroatoms. The van der Waals surface area contributed by atoms with E-state index in [2.05, 4.69) is 0 Å². The van der Waals surface area contributed by atoms with Crippen LogP contribution in [0.4, 0.5) is 18.0 Å². The Labute approximate surface area is 131 Å². The van der Waals surface area contributed by atoms with Gasteiger partial charge in [-0.1, -0.05) is 0 Å². The molecule has 5 nitrogen and oxygen atoms in total. The molecule has 0 radical (unpaired) electrons. The fourth-order valence-corrected chi connectivity index (χ4v) is 1.46. The number of carbonyl (C=O) groups excluding carboxylic acids is 2. The summed E-state index contributed by atoms with van der Waals surface area (Å²) in [5, 5.41) is 1.92. The number of hydrogen-bond acceptors (Lipinski definition) is 4. The molecule has 0 aromatic heterocycles. The van der Waals surface area contributed by atoms with Crippen molar-refractivity contribution in [1.29, 1.82) is 0 Å². The van der Waals surface area contributed by atoms with E-state index in [1.54, 1.807) is 20.8 Å². The number of rotatable bonds is 6. The van der Waals surface area contributed by atoms with Gasteiger partial charge in [-0.05, 0) is 39.0 Å². The van der Waals surface area contributed by atoms with Crippen molar-refractivity contribution >= 4 is 12.4 Å². The van der Waals surface area contributed by atoms with E-state index >= 15 is 0 Å². The molecular formula is C15H18F3NO4. The SMILES string of the molecule is CC(C)(C)OC(=O)NCC(F)(F)COc1ccc(C=O)cc1F. The van der Waals surface area contributed by atoms with Gasteiger partial charge in [0, 0.05) is 5.56 Å². The van der Waals surface area contributed by atoms with E-state index in [9.17, 15) is 22.8 Å². The third kappa shape index (κ3) is 7.03. The highest BCUT2D eigenvalue weighted by Gasteiger charge is 2.32. The van der Waals surface area contributed by atoms with Crippen molar-refractivity contribution in [2.75, 3.05) is 13.2 Å². The Hall–Kier alpha value is -2.25. The number of halogens is 3. The zero-order valence-corrected chi connectivity index (χ0v) is 13.0. The van der Waals surface area contributed by atoms with E-state index in [1.165, 1.54) is 6.07 Å². The van der Waals surface area contributed by atoms with Gasteiger partial charge in [0.15, 0.2) is 18.2 Å². The summed E-state index contributed by atoms with van der Waals surface area (Å²) in [6, 6.07) is 3.19. The number of benzene rings is 1. The molecule has 0 aliphatic rings. The van der Waals surface area contributed by atoms with Crippen molar-refractivity contribution in [3.63, 3.8) is 0 Å². The Morgan fingerprint density at radius 2 is 1.96 bits per heavy atom. The second-order valence-electron chi connectivity index (χ2n) is 5.81. The molecule has 0 atom stereocenters. The van der Waals surface area contributed by atoms with E-state index < -0.39 is 42.3 Å². The minimum Gasteiger partial charge on any atom is -0.484 e. The average Bonchev–Trinajstić information content (AvgIpc) is 2.42. The third-order valence-electron chi connectivity index (χ3n) is 2.42. The van der Waals surface area contributed by atoms with Gasteiger partial charge in [-0.3, -0.25) is 4.79 Å². The van der Waals surface area contributed by atoms with Crippen molar-refractivity contribution in [3.05, 3.63) is 29.6 Å². The number of amides is 1. The molecule has 0 unspecified atom stereocenters. The van der Waals surface area contributed by atoms with Crippen LogP contribution >= 0.6 is 0 Å². The number of ether oxygens (including phenoxy) is 2. The molecule has 1 N–H and O–H groups in total. The van der Waals surface area contributed by atoms with Crippen molar-refractivity contribution in [2.24, 2.45) is 0 Å². The number of alkyl carbamates (subject to hydrolysis) is 1. The van der Waals surface area contributed by atoms with Crippen LogP contribution in [-0.4, -0.2) is 37.1 Å². The first-order chi connectivity index (χ1) is 10.5. The maximum absolute atomic E-state index is 13.6. The third-order valence-corrected chi connectivity index (χ3v) is 2.42. The molecule has 0 aliphatic heterocycles. The van der Waals surface area contributed by atoms with Gasteiger partial charge in [0.2, 0.25) is 0 Å². The van der Waals surface area contributed by atoms with Crippen molar-refractivity contribution in [2.45, 2.75) is 32.3 Å². The lowest BCUT2D eigenvalue weighted by Gasteiger charge is -2.22. The summed E-state index contributed by atoms with van der Waals surface area (Å²) in [5.74, 6) is -4.76. The first-order valence-electron chi connectivity index (χ1n) is 6.75. The topological polar surface area (TPSA) is 64.6 Å². The van der Waals surface area contributed by atoms with E-state index in [4.69, 9.17) is 9.47 Å². The maximum Gasteiger partial charge on any atom is 0.407 e. The highest BCUT2D eigenvalue weighted by Crippen LogP contribution is 2.21. The molecule has 0 bridgehead atoms. The summed E-state index contributed by atoms with van der Waals surface area (Å²) in [7, 11) is 0. The van der Waals surface area contributed by atoms with Crippen LogP contribution in [0.1, 0.15) is 31.1 Å². The minimum absolute atomic E-state index is 0.0632. The lowest BCUT2D eigenvalue weighted by atomic mass is 10.2. The van der Waals surface area contributed by atoms with Gasteiger partial charge in [0.25, 0.3) is 5.92 Å². The number of alkyl halides is 2. The number of aldehydes is 1. The monoisotopic (exact) mass is 333 g/mol. The van der Waals surface area contributed by atoms with E-state index in [1.807, 2.05) is 5.32 Å². The fourth-order valence-electron chi connectivity index (χ4n) is 1.46. The van der Waals surface area contributed by atoms with Gasteiger partial charge in [-0.15, -0.1) is 0 Å². The van der Waals surface area contributed by atoms with Crippen LogP contribution in [0, 0.1) is 5.82 Å². The molecule has 1 rings (SSSR count). The van der Waals surface area contributed by atoms with Gasteiger partial charge < -0.3 is 14.8 Å². The average molecular weight is 333 g/mol. The second kappa shape index (κ2) is 7.34. The molecule has 0 aliphatic carbocycles. The molecule has 1 aromatic rings. The Bertz CT molecular complexity index is 570.